The van der Waals surface area contributed by atoms with E-state index in [1.165, 1.54) is 0 Å². The van der Waals surface area contributed by atoms with Crippen LogP contribution in [0.2, 0.25) is 0 Å². The Labute approximate surface area is 130 Å². The number of benzene rings is 1. The summed E-state index contributed by atoms with van der Waals surface area (Å²) in [6, 6.07) is 5.93. The third-order valence-electron chi connectivity index (χ3n) is 4.15. The third kappa shape index (κ3) is 2.64. The van der Waals surface area contributed by atoms with Crippen molar-refractivity contribution in [3.63, 3.8) is 0 Å². The number of aromatic nitrogens is 2. The van der Waals surface area contributed by atoms with E-state index >= 15 is 0 Å². The second-order valence-electron chi connectivity index (χ2n) is 5.70. The van der Waals surface area contributed by atoms with Crippen LogP contribution in [0.3, 0.4) is 0 Å². The van der Waals surface area contributed by atoms with E-state index in [1.54, 1.807) is 6.92 Å². The van der Waals surface area contributed by atoms with Crippen molar-refractivity contribution in [3.05, 3.63) is 35.2 Å². The number of aromatic amines is 1. The number of ether oxygens (including phenoxy) is 1. The number of nitrogens with one attached hydrogen (secondary N) is 1. The molecule has 1 aromatic heterocycles. The molecule has 0 radical (unpaired) electrons. The molecule has 1 N–H and O–H groups in total. The van der Waals surface area contributed by atoms with Crippen molar-refractivity contribution in [2.75, 3.05) is 31.2 Å². The summed E-state index contributed by atoms with van der Waals surface area (Å²) >= 11 is 0. The van der Waals surface area contributed by atoms with Gasteiger partial charge in [-0.15, -0.1) is 0 Å². The van der Waals surface area contributed by atoms with Crippen LogP contribution in [0, 0.1) is 13.8 Å². The Balaban J connectivity index is 2.15. The minimum absolute atomic E-state index is 0.0774. The second kappa shape index (κ2) is 5.93. The molecule has 0 amide bonds. The predicted octanol–water partition coefficient (Wildman–Crippen LogP) is 2.73. The Morgan fingerprint density at radius 2 is 2.00 bits per heavy atom. The summed E-state index contributed by atoms with van der Waals surface area (Å²) in [5, 5.41) is 7.34. The van der Waals surface area contributed by atoms with E-state index < -0.39 is 0 Å². The number of anilines is 1. The van der Waals surface area contributed by atoms with Gasteiger partial charge in [-0.25, -0.2) is 0 Å². The third-order valence-corrected chi connectivity index (χ3v) is 4.15. The van der Waals surface area contributed by atoms with E-state index in [0.717, 1.165) is 60.1 Å². The van der Waals surface area contributed by atoms with Gasteiger partial charge in [0.15, 0.2) is 5.78 Å². The predicted molar refractivity (Wildman–Crippen MR) is 86.5 cm³/mol. The molecule has 116 valence electrons. The zero-order chi connectivity index (χ0) is 15.7. The molecule has 2 aromatic rings. The van der Waals surface area contributed by atoms with Gasteiger partial charge in [0.1, 0.15) is 0 Å². The molecule has 1 saturated heterocycles. The molecule has 1 aromatic carbocycles. The van der Waals surface area contributed by atoms with Crippen LogP contribution in [-0.4, -0.2) is 42.3 Å². The van der Waals surface area contributed by atoms with Gasteiger partial charge in [0.05, 0.1) is 18.9 Å². The number of carbonyl (C=O) groups excluding carboxylic acids is 1. The lowest BCUT2D eigenvalue weighted by molar-refractivity contribution is 0.101. The molecule has 1 aliphatic heterocycles. The van der Waals surface area contributed by atoms with Crippen molar-refractivity contribution in [1.82, 2.24) is 10.2 Å². The Kier molecular flexibility index (Phi) is 3.98. The quantitative estimate of drug-likeness (QED) is 0.885. The summed E-state index contributed by atoms with van der Waals surface area (Å²) in [6.07, 6.45) is 0. The molecule has 5 nitrogen and oxygen atoms in total. The zero-order valence-electron chi connectivity index (χ0n) is 13.3. The Hall–Kier alpha value is -2.14. The number of Topliss-reactive ketones (excluding diaryl/α,β-unsaturated/α-hetero) is 1. The van der Waals surface area contributed by atoms with Gasteiger partial charge in [0, 0.05) is 41.2 Å². The molecule has 0 aliphatic carbocycles. The molecule has 2 heterocycles. The monoisotopic (exact) mass is 299 g/mol. The van der Waals surface area contributed by atoms with Gasteiger partial charge in [-0.2, -0.15) is 5.10 Å². The number of rotatable bonds is 3. The zero-order valence-corrected chi connectivity index (χ0v) is 13.3. The van der Waals surface area contributed by atoms with Crippen molar-refractivity contribution in [3.8, 4) is 11.1 Å². The summed E-state index contributed by atoms with van der Waals surface area (Å²) in [6.45, 7) is 8.79. The molecule has 1 fully saturated rings. The van der Waals surface area contributed by atoms with Gasteiger partial charge < -0.3 is 9.64 Å². The maximum absolute atomic E-state index is 11.8. The molecule has 5 heteroatoms. The van der Waals surface area contributed by atoms with Crippen LogP contribution < -0.4 is 4.90 Å². The summed E-state index contributed by atoms with van der Waals surface area (Å²) < 4.78 is 5.45. The molecule has 0 bridgehead atoms. The minimum Gasteiger partial charge on any atom is -0.378 e. The van der Waals surface area contributed by atoms with Crippen molar-refractivity contribution in [1.29, 1.82) is 0 Å². The highest BCUT2D eigenvalue weighted by molar-refractivity contribution is 5.97. The van der Waals surface area contributed by atoms with Gasteiger partial charge in [0.2, 0.25) is 0 Å². The SMILES string of the molecule is CC(=O)c1ccc(N2CCOCC2)c(-c2c(C)n[nH]c2C)c1. The molecule has 0 saturated carbocycles. The van der Waals surface area contributed by atoms with Crippen LogP contribution in [0.25, 0.3) is 11.1 Å². The topological polar surface area (TPSA) is 58.2 Å². The van der Waals surface area contributed by atoms with Crippen molar-refractivity contribution < 1.29 is 9.53 Å². The minimum atomic E-state index is 0.0774. The lowest BCUT2D eigenvalue weighted by Gasteiger charge is -2.31. The first kappa shape index (κ1) is 14.8. The molecule has 22 heavy (non-hydrogen) atoms. The van der Waals surface area contributed by atoms with Gasteiger partial charge in [-0.05, 0) is 39.0 Å². The molecule has 1 aliphatic rings. The maximum atomic E-state index is 11.8. The fourth-order valence-corrected chi connectivity index (χ4v) is 2.98. The molecule has 0 atom stereocenters. The van der Waals surface area contributed by atoms with Crippen LogP contribution in [0.1, 0.15) is 28.7 Å². The van der Waals surface area contributed by atoms with E-state index in [1.807, 2.05) is 32.0 Å². The summed E-state index contributed by atoms with van der Waals surface area (Å²) in [7, 11) is 0. The van der Waals surface area contributed by atoms with Gasteiger partial charge in [0.25, 0.3) is 0 Å². The summed E-state index contributed by atoms with van der Waals surface area (Å²) in [5.74, 6) is 0.0774. The number of hydrogen-bond donors (Lipinski definition) is 1. The average molecular weight is 299 g/mol. The van der Waals surface area contributed by atoms with Crippen LogP contribution in [-0.2, 0) is 4.74 Å². The molecule has 0 unspecified atom stereocenters. The van der Waals surface area contributed by atoms with E-state index in [2.05, 4.69) is 15.1 Å². The smallest absolute Gasteiger partial charge is 0.159 e. The number of H-pyrrole nitrogens is 1. The van der Waals surface area contributed by atoms with Crippen LogP contribution in [0.4, 0.5) is 5.69 Å². The first-order chi connectivity index (χ1) is 10.6. The lowest BCUT2D eigenvalue weighted by Crippen LogP contribution is -2.36. The largest absolute Gasteiger partial charge is 0.378 e. The second-order valence-corrected chi connectivity index (χ2v) is 5.70. The van der Waals surface area contributed by atoms with E-state index in [4.69, 9.17) is 4.74 Å². The Bertz CT molecular complexity index is 680. The highest BCUT2D eigenvalue weighted by Gasteiger charge is 2.20. The standard InChI is InChI=1S/C17H21N3O2/c1-11-17(12(2)19-18-11)15-10-14(13(3)21)4-5-16(15)20-6-8-22-9-7-20/h4-5,10H,6-9H2,1-3H3,(H,18,19). The normalized spacial score (nSPS) is 15.1. The summed E-state index contributed by atoms with van der Waals surface area (Å²) in [5.41, 5.74) is 6.00. The van der Waals surface area contributed by atoms with Crippen molar-refractivity contribution >= 4 is 11.5 Å². The van der Waals surface area contributed by atoms with Crippen LogP contribution >= 0.6 is 0 Å². The van der Waals surface area contributed by atoms with E-state index in [0.29, 0.717) is 0 Å². The highest BCUT2D eigenvalue weighted by Crippen LogP contribution is 2.35. The molecule has 3 rings (SSSR count). The first-order valence-electron chi connectivity index (χ1n) is 7.57. The van der Waals surface area contributed by atoms with Crippen molar-refractivity contribution in [2.45, 2.75) is 20.8 Å². The molecular weight excluding hydrogens is 278 g/mol. The highest BCUT2D eigenvalue weighted by atomic mass is 16.5. The Morgan fingerprint density at radius 3 is 2.59 bits per heavy atom. The number of nitrogens with zero attached hydrogens (tertiary/aromatic N) is 2. The van der Waals surface area contributed by atoms with E-state index in [9.17, 15) is 4.79 Å². The van der Waals surface area contributed by atoms with Gasteiger partial charge in [-0.1, -0.05) is 0 Å². The average Bonchev–Trinajstić information content (AvgIpc) is 2.86. The summed E-state index contributed by atoms with van der Waals surface area (Å²) in [4.78, 5) is 14.1. The number of aryl methyl sites for hydroxylation is 2. The molecular formula is C17H21N3O2. The van der Waals surface area contributed by atoms with Crippen molar-refractivity contribution in [2.24, 2.45) is 0 Å². The van der Waals surface area contributed by atoms with Crippen LogP contribution in [0.5, 0.6) is 0 Å². The number of ketones is 1. The first-order valence-corrected chi connectivity index (χ1v) is 7.57. The van der Waals surface area contributed by atoms with E-state index in [-0.39, 0.29) is 5.78 Å². The molecule has 0 spiro atoms. The van der Waals surface area contributed by atoms with Crippen LogP contribution in [0.15, 0.2) is 18.2 Å². The fraction of sp³-hybridized carbons (Fsp3) is 0.412. The number of morpholine rings is 1. The maximum Gasteiger partial charge on any atom is 0.159 e. The Morgan fingerprint density at radius 1 is 1.27 bits per heavy atom. The van der Waals surface area contributed by atoms with Gasteiger partial charge >= 0.3 is 0 Å². The number of hydrogen-bond acceptors (Lipinski definition) is 4. The fourth-order valence-electron chi connectivity index (χ4n) is 2.98. The van der Waals surface area contributed by atoms with Gasteiger partial charge in [-0.3, -0.25) is 9.89 Å². The lowest BCUT2D eigenvalue weighted by atomic mass is 9.97. The number of carbonyl (C=O) groups is 1.